The lowest BCUT2D eigenvalue weighted by Crippen LogP contribution is -2.39. The van der Waals surface area contributed by atoms with Crippen molar-refractivity contribution >= 4 is 17.5 Å². The van der Waals surface area contributed by atoms with Crippen LogP contribution in [0.3, 0.4) is 0 Å². The van der Waals surface area contributed by atoms with Crippen molar-refractivity contribution < 1.29 is 27.2 Å². The molecule has 2 atom stereocenters. The van der Waals surface area contributed by atoms with E-state index in [-0.39, 0.29) is 80.7 Å². The van der Waals surface area contributed by atoms with Crippen LogP contribution < -0.4 is 10.6 Å². The van der Waals surface area contributed by atoms with Gasteiger partial charge in [-0.3, -0.25) is 14.3 Å². The Hall–Kier alpha value is -3.51. The Labute approximate surface area is 241 Å². The number of rotatable bonds is 10. The van der Waals surface area contributed by atoms with Crippen molar-refractivity contribution in [3.8, 4) is 0 Å². The number of hydrogen-bond acceptors (Lipinski definition) is 5. The maximum atomic E-state index is 14.0. The van der Waals surface area contributed by atoms with Crippen molar-refractivity contribution in [2.24, 2.45) is 11.8 Å². The highest BCUT2D eigenvalue weighted by molar-refractivity contribution is 5.92. The molecule has 9 nitrogen and oxygen atoms in total. The van der Waals surface area contributed by atoms with Gasteiger partial charge in [-0.2, -0.15) is 10.2 Å². The van der Waals surface area contributed by atoms with Crippen LogP contribution >= 0.6 is 0 Å². The third-order valence-corrected chi connectivity index (χ3v) is 8.38. The highest BCUT2D eigenvalue weighted by atomic mass is 19.3. The molecule has 3 heterocycles. The summed E-state index contributed by atoms with van der Waals surface area (Å²) in [6.07, 6.45) is 4.84. The Bertz CT molecular complexity index is 1420. The third kappa shape index (κ3) is 6.59. The molecule has 228 valence electrons. The predicted octanol–water partition coefficient (Wildman–Crippen LogP) is 5.81. The molecule has 0 saturated heterocycles. The number of carbonyl (C=O) groups is 2. The third-order valence-electron chi connectivity index (χ3n) is 8.38. The Kier molecular flexibility index (Phi) is 8.30. The van der Waals surface area contributed by atoms with E-state index in [1.54, 1.807) is 39.9 Å². The largest absolute Gasteiger partial charge is 0.349 e. The molecule has 2 saturated carbocycles. The van der Waals surface area contributed by atoms with Crippen LogP contribution in [0.4, 0.5) is 17.6 Å². The molecule has 0 spiro atoms. The van der Waals surface area contributed by atoms with E-state index in [2.05, 4.69) is 20.8 Å². The van der Waals surface area contributed by atoms with Crippen LogP contribution in [0, 0.1) is 11.8 Å². The Balaban J connectivity index is 1.36. The first-order chi connectivity index (χ1) is 19.8. The second-order valence-corrected chi connectivity index (χ2v) is 12.0. The van der Waals surface area contributed by atoms with Crippen molar-refractivity contribution in [3.05, 3.63) is 47.7 Å². The van der Waals surface area contributed by atoms with E-state index in [4.69, 9.17) is 4.98 Å². The molecule has 0 aliphatic heterocycles. The van der Waals surface area contributed by atoms with Crippen LogP contribution in [0.2, 0.25) is 0 Å². The van der Waals surface area contributed by atoms with Gasteiger partial charge in [0.2, 0.25) is 17.8 Å². The number of hydrogen-bond donors (Lipinski definition) is 2. The number of alkyl halides is 4. The fourth-order valence-electron chi connectivity index (χ4n) is 6.07. The van der Waals surface area contributed by atoms with Gasteiger partial charge in [0.15, 0.2) is 5.65 Å². The number of imidazole rings is 1. The van der Waals surface area contributed by atoms with Gasteiger partial charge in [-0.1, -0.05) is 6.92 Å². The molecular formula is C29H37F4N7O2. The molecule has 5 rings (SSSR count). The van der Waals surface area contributed by atoms with Crippen molar-refractivity contribution in [1.29, 1.82) is 0 Å². The lowest BCUT2D eigenvalue weighted by Gasteiger charge is -2.34. The minimum Gasteiger partial charge on any atom is -0.349 e. The normalized spacial score (nSPS) is 20.3. The molecule has 2 aliphatic rings. The summed E-state index contributed by atoms with van der Waals surface area (Å²) in [6.45, 7) is 5.72. The number of halogens is 4. The zero-order valence-corrected chi connectivity index (χ0v) is 24.0. The maximum Gasteiger partial charge on any atom is 0.270 e. The summed E-state index contributed by atoms with van der Waals surface area (Å²) in [5.74, 6) is -6.63. The van der Waals surface area contributed by atoms with Crippen LogP contribution in [0.1, 0.15) is 112 Å². The first kappa shape index (κ1) is 30.0. The van der Waals surface area contributed by atoms with E-state index < -0.39 is 17.9 Å². The van der Waals surface area contributed by atoms with Gasteiger partial charge in [-0.05, 0) is 62.6 Å². The van der Waals surface area contributed by atoms with Crippen LogP contribution in [0.5, 0.6) is 0 Å². The summed E-state index contributed by atoms with van der Waals surface area (Å²) >= 11 is 0. The summed E-state index contributed by atoms with van der Waals surface area (Å²) < 4.78 is 57.5. The van der Waals surface area contributed by atoms with Gasteiger partial charge in [0.1, 0.15) is 5.69 Å². The number of fused-ring (bicyclic) bond motifs is 1. The highest BCUT2D eigenvalue weighted by Gasteiger charge is 2.46. The van der Waals surface area contributed by atoms with Crippen molar-refractivity contribution in [2.45, 2.75) is 102 Å². The maximum absolute atomic E-state index is 14.0. The van der Waals surface area contributed by atoms with E-state index in [1.165, 1.54) is 0 Å². The van der Waals surface area contributed by atoms with Crippen molar-refractivity contribution in [1.82, 2.24) is 35.0 Å². The van der Waals surface area contributed by atoms with Crippen LogP contribution in [-0.4, -0.2) is 48.0 Å². The zero-order valence-electron chi connectivity index (χ0n) is 24.0. The van der Waals surface area contributed by atoms with Gasteiger partial charge in [-0.25, -0.2) is 27.1 Å². The predicted molar refractivity (Wildman–Crippen MR) is 146 cm³/mol. The van der Waals surface area contributed by atoms with Gasteiger partial charge < -0.3 is 10.6 Å². The molecule has 3 aromatic heterocycles. The first-order valence-electron chi connectivity index (χ1n) is 14.6. The van der Waals surface area contributed by atoms with Gasteiger partial charge in [-0.15, -0.1) is 0 Å². The minimum absolute atomic E-state index is 0.0484. The van der Waals surface area contributed by atoms with E-state index in [1.807, 2.05) is 20.8 Å². The Morgan fingerprint density at radius 2 is 1.79 bits per heavy atom. The summed E-state index contributed by atoms with van der Waals surface area (Å²) in [7, 11) is 0. The molecule has 0 radical (unpaired) electrons. The number of aromatic nitrogens is 5. The van der Waals surface area contributed by atoms with E-state index in [9.17, 15) is 27.2 Å². The quantitative estimate of drug-likeness (QED) is 0.290. The number of nitrogens with zero attached hydrogens (tertiary/aromatic N) is 5. The van der Waals surface area contributed by atoms with Crippen LogP contribution in [0.25, 0.3) is 5.65 Å². The summed E-state index contributed by atoms with van der Waals surface area (Å²) in [5, 5.41) is 14.7. The Morgan fingerprint density at radius 3 is 2.43 bits per heavy atom. The lowest BCUT2D eigenvalue weighted by molar-refractivity contribution is -0.134. The Morgan fingerprint density at radius 1 is 1.07 bits per heavy atom. The molecule has 3 aromatic rings. The molecule has 0 aromatic carbocycles. The number of nitrogens with one attached hydrogen (secondary N) is 2. The van der Waals surface area contributed by atoms with E-state index in [0.717, 1.165) is 0 Å². The fourth-order valence-corrected chi connectivity index (χ4v) is 6.07. The minimum atomic E-state index is -2.73. The van der Waals surface area contributed by atoms with Gasteiger partial charge in [0.25, 0.3) is 5.91 Å². The van der Waals surface area contributed by atoms with Crippen LogP contribution in [0.15, 0.2) is 30.7 Å². The van der Waals surface area contributed by atoms with Gasteiger partial charge >= 0.3 is 0 Å². The van der Waals surface area contributed by atoms with E-state index in [0.29, 0.717) is 29.0 Å². The second-order valence-electron chi connectivity index (χ2n) is 12.0. The second kappa shape index (κ2) is 11.6. The smallest absolute Gasteiger partial charge is 0.270 e. The standard InChI is InChI=1S/C29H37F4N7O2/c1-4-21(37-25(41)11-18-13-29(32,33)14-18)20-12-24-36-22(16-39(24)35-15-20)26(19-5-8-28(30,31)9-6-19)38-27(42)23-7-10-34-40(23)17(2)3/h7,10,12,15-19,21,26H,4-6,8-9,11,13-14H2,1-3H3,(H,37,41)(H,38,42)/t21?,26-/m0/s1. The zero-order chi connectivity index (χ0) is 30.2. The van der Waals surface area contributed by atoms with Crippen molar-refractivity contribution in [2.75, 3.05) is 0 Å². The molecule has 0 bridgehead atoms. The average Bonchev–Trinajstić information content (AvgIpc) is 3.57. The summed E-state index contributed by atoms with van der Waals surface area (Å²) in [4.78, 5) is 30.7. The molecule has 2 N–H and O–H groups in total. The fraction of sp³-hybridized carbons (Fsp3) is 0.621. The van der Waals surface area contributed by atoms with Gasteiger partial charge in [0.05, 0.1) is 30.2 Å². The lowest BCUT2D eigenvalue weighted by atomic mass is 9.79. The van der Waals surface area contributed by atoms with Crippen LogP contribution in [-0.2, 0) is 4.79 Å². The molecule has 1 unspecified atom stereocenters. The first-order valence-corrected chi connectivity index (χ1v) is 14.6. The summed E-state index contributed by atoms with van der Waals surface area (Å²) in [5.41, 5.74) is 2.05. The van der Waals surface area contributed by atoms with E-state index >= 15 is 0 Å². The average molecular weight is 592 g/mol. The molecule has 2 aliphatic carbocycles. The number of carbonyl (C=O) groups excluding carboxylic acids is 2. The monoisotopic (exact) mass is 591 g/mol. The molecule has 13 heteroatoms. The highest BCUT2D eigenvalue weighted by Crippen LogP contribution is 2.44. The molecule has 42 heavy (non-hydrogen) atoms. The number of amides is 2. The SMILES string of the molecule is CCC(NC(=O)CC1CC(F)(F)C1)c1cnn2cc([C@@H](NC(=O)c3ccnn3C(C)C)C3CCC(F)(F)CC3)nc2c1. The topological polar surface area (TPSA) is 106 Å². The van der Waals surface area contributed by atoms with Gasteiger partial charge in [0, 0.05) is 44.3 Å². The molecular weight excluding hydrogens is 554 g/mol. The molecule has 2 fully saturated rings. The van der Waals surface area contributed by atoms with Crippen molar-refractivity contribution in [3.63, 3.8) is 0 Å². The summed E-state index contributed by atoms with van der Waals surface area (Å²) in [6, 6.07) is 2.34. The molecule has 2 amide bonds.